The fourth-order valence-electron chi connectivity index (χ4n) is 3.84. The Hall–Kier alpha value is -2.31. The molecular weight excluding hydrogens is 342 g/mol. The van der Waals surface area contributed by atoms with Gasteiger partial charge in [-0.25, -0.2) is 8.78 Å². The van der Waals surface area contributed by atoms with Gasteiger partial charge in [0, 0.05) is 13.0 Å². The molecule has 1 aliphatic heterocycles. The van der Waals surface area contributed by atoms with E-state index in [2.05, 4.69) is 5.32 Å². The molecule has 26 heavy (non-hydrogen) atoms. The monoisotopic (exact) mass is 364 g/mol. The highest BCUT2D eigenvalue weighted by Gasteiger charge is 2.47. The lowest BCUT2D eigenvalue weighted by molar-refractivity contribution is -0.140. The van der Waals surface area contributed by atoms with Crippen molar-refractivity contribution in [3.8, 4) is 0 Å². The molecule has 7 heteroatoms. The van der Waals surface area contributed by atoms with Gasteiger partial charge in [-0.1, -0.05) is 18.9 Å². The quantitative estimate of drug-likeness (QED) is 0.817. The highest BCUT2D eigenvalue weighted by atomic mass is 19.2. The maximum atomic E-state index is 13.3. The molecule has 0 radical (unpaired) electrons. The summed E-state index contributed by atoms with van der Waals surface area (Å²) in [5.74, 6) is -3.04. The van der Waals surface area contributed by atoms with Crippen LogP contribution >= 0.6 is 0 Å². The Morgan fingerprint density at radius 1 is 1.15 bits per heavy atom. The van der Waals surface area contributed by atoms with Gasteiger partial charge < -0.3 is 5.32 Å². The second-order valence-electron chi connectivity index (χ2n) is 7.04. The molecule has 1 heterocycles. The van der Waals surface area contributed by atoms with Crippen LogP contribution in [-0.4, -0.2) is 29.2 Å². The third kappa shape index (κ3) is 3.61. The summed E-state index contributed by atoms with van der Waals surface area (Å²) in [5.41, 5.74) is 0.441. The number of rotatable bonds is 5. The van der Waals surface area contributed by atoms with Gasteiger partial charge in [-0.2, -0.15) is 0 Å². The third-order valence-corrected chi connectivity index (χ3v) is 5.32. The zero-order valence-corrected chi connectivity index (χ0v) is 14.6. The zero-order chi connectivity index (χ0) is 18.8. The van der Waals surface area contributed by atoms with Crippen LogP contribution in [0.5, 0.6) is 0 Å². The fourth-order valence-corrected chi connectivity index (χ4v) is 3.84. The summed E-state index contributed by atoms with van der Waals surface area (Å²) in [6, 6.07) is 2.95. The van der Waals surface area contributed by atoms with Crippen LogP contribution in [0.15, 0.2) is 18.2 Å². The molecule has 1 aromatic rings. The number of fused-ring (bicyclic) bond motifs is 1. The number of likely N-dealkylation sites (tertiary alicyclic amines) is 1. The van der Waals surface area contributed by atoms with Crippen molar-refractivity contribution in [3.05, 3.63) is 35.4 Å². The lowest BCUT2D eigenvalue weighted by Gasteiger charge is -2.19. The predicted molar refractivity (Wildman–Crippen MR) is 89.7 cm³/mol. The van der Waals surface area contributed by atoms with Crippen molar-refractivity contribution in [3.63, 3.8) is 0 Å². The Bertz CT molecular complexity index is 713. The summed E-state index contributed by atoms with van der Waals surface area (Å²) in [5, 5.41) is 2.68. The lowest BCUT2D eigenvalue weighted by atomic mass is 9.81. The molecule has 1 N–H and O–H groups in total. The molecule has 0 bridgehead atoms. The van der Waals surface area contributed by atoms with Crippen LogP contribution in [0.1, 0.15) is 50.6 Å². The topological polar surface area (TPSA) is 66.5 Å². The number of hydrogen-bond donors (Lipinski definition) is 1. The molecular formula is C19H22F2N2O3. The van der Waals surface area contributed by atoms with Gasteiger partial charge in [0.2, 0.25) is 17.7 Å². The van der Waals surface area contributed by atoms with Crippen LogP contribution < -0.4 is 5.32 Å². The normalized spacial score (nSPS) is 23.7. The first-order chi connectivity index (χ1) is 12.4. The molecule has 3 unspecified atom stereocenters. The van der Waals surface area contributed by atoms with E-state index in [1.165, 1.54) is 11.0 Å². The molecule has 1 aliphatic carbocycles. The van der Waals surface area contributed by atoms with Crippen LogP contribution in [0.2, 0.25) is 0 Å². The summed E-state index contributed by atoms with van der Waals surface area (Å²) < 4.78 is 26.3. The lowest BCUT2D eigenvalue weighted by Crippen LogP contribution is -2.36. The molecule has 3 atom stereocenters. The summed E-state index contributed by atoms with van der Waals surface area (Å²) >= 11 is 0. The maximum Gasteiger partial charge on any atom is 0.233 e. The number of benzene rings is 1. The average molecular weight is 364 g/mol. The van der Waals surface area contributed by atoms with Gasteiger partial charge in [0.25, 0.3) is 0 Å². The third-order valence-electron chi connectivity index (χ3n) is 5.32. The van der Waals surface area contributed by atoms with Gasteiger partial charge in [-0.05, 0) is 37.5 Å². The number of halogens is 2. The molecule has 1 saturated carbocycles. The summed E-state index contributed by atoms with van der Waals surface area (Å²) in [6.07, 6.45) is 3.39. The molecule has 0 spiro atoms. The number of nitrogens with one attached hydrogen (secondary N) is 1. The van der Waals surface area contributed by atoms with Crippen molar-refractivity contribution in [1.29, 1.82) is 0 Å². The molecule has 0 aromatic heterocycles. The van der Waals surface area contributed by atoms with E-state index in [-0.39, 0.29) is 42.5 Å². The van der Waals surface area contributed by atoms with Crippen molar-refractivity contribution < 1.29 is 23.2 Å². The molecule has 5 nitrogen and oxygen atoms in total. The molecule has 3 rings (SSSR count). The minimum absolute atomic E-state index is 0.00899. The highest BCUT2D eigenvalue weighted by Crippen LogP contribution is 2.37. The van der Waals surface area contributed by atoms with Gasteiger partial charge in [-0.15, -0.1) is 0 Å². The second kappa shape index (κ2) is 7.51. The second-order valence-corrected chi connectivity index (χ2v) is 7.04. The first-order valence-electron chi connectivity index (χ1n) is 8.98. The van der Waals surface area contributed by atoms with E-state index < -0.39 is 17.7 Å². The number of carbonyl (C=O) groups is 3. The minimum atomic E-state index is -0.973. The SMILES string of the molecule is CC(NC(=O)CCN1C(=O)C2CCCCC2C1=O)c1ccc(F)c(F)c1. The van der Waals surface area contributed by atoms with E-state index in [1.807, 2.05) is 0 Å². The van der Waals surface area contributed by atoms with Gasteiger partial charge in [0.1, 0.15) is 0 Å². The largest absolute Gasteiger partial charge is 0.350 e. The predicted octanol–water partition coefficient (Wildman–Crippen LogP) is 2.71. The summed E-state index contributed by atoms with van der Waals surface area (Å²) in [4.78, 5) is 38.1. The standard InChI is InChI=1S/C19H22F2N2O3/c1-11(12-6-7-15(20)16(21)10-12)22-17(24)8-9-23-18(25)13-4-2-3-5-14(13)19(23)26/h6-7,10-11,13-14H,2-5,8-9H2,1H3,(H,22,24). The molecule has 2 fully saturated rings. The zero-order valence-electron chi connectivity index (χ0n) is 14.6. The number of amides is 3. The summed E-state index contributed by atoms with van der Waals surface area (Å²) in [6.45, 7) is 1.71. The van der Waals surface area contributed by atoms with Gasteiger partial charge >= 0.3 is 0 Å². The van der Waals surface area contributed by atoms with Gasteiger partial charge in [0.05, 0.1) is 17.9 Å². The Morgan fingerprint density at radius 2 is 1.77 bits per heavy atom. The van der Waals surface area contributed by atoms with Gasteiger partial charge in [-0.3, -0.25) is 19.3 Å². The maximum absolute atomic E-state index is 13.3. The Balaban J connectivity index is 1.54. The van der Waals surface area contributed by atoms with Crippen molar-refractivity contribution >= 4 is 17.7 Å². The molecule has 2 aliphatic rings. The van der Waals surface area contributed by atoms with E-state index in [9.17, 15) is 23.2 Å². The number of imide groups is 1. The van der Waals surface area contributed by atoms with Crippen LogP contribution in [0.25, 0.3) is 0 Å². The van der Waals surface area contributed by atoms with Crippen molar-refractivity contribution in [2.24, 2.45) is 11.8 Å². The van der Waals surface area contributed by atoms with Crippen molar-refractivity contribution in [2.45, 2.75) is 45.1 Å². The average Bonchev–Trinajstić information content (AvgIpc) is 2.86. The highest BCUT2D eigenvalue weighted by molar-refractivity contribution is 6.05. The van der Waals surface area contributed by atoms with Crippen LogP contribution in [0.3, 0.4) is 0 Å². The van der Waals surface area contributed by atoms with E-state index in [0.717, 1.165) is 37.8 Å². The molecule has 140 valence electrons. The smallest absolute Gasteiger partial charge is 0.233 e. The molecule has 1 saturated heterocycles. The van der Waals surface area contributed by atoms with Crippen LogP contribution in [0, 0.1) is 23.5 Å². The number of hydrogen-bond acceptors (Lipinski definition) is 3. The number of carbonyl (C=O) groups excluding carboxylic acids is 3. The van der Waals surface area contributed by atoms with Crippen molar-refractivity contribution in [1.82, 2.24) is 10.2 Å². The minimum Gasteiger partial charge on any atom is -0.350 e. The van der Waals surface area contributed by atoms with E-state index in [0.29, 0.717) is 5.56 Å². The molecule has 1 aromatic carbocycles. The van der Waals surface area contributed by atoms with Crippen LogP contribution in [0.4, 0.5) is 8.78 Å². The Labute approximate surface area is 150 Å². The fraction of sp³-hybridized carbons (Fsp3) is 0.526. The number of nitrogens with zero attached hydrogens (tertiary/aromatic N) is 1. The van der Waals surface area contributed by atoms with Crippen molar-refractivity contribution in [2.75, 3.05) is 6.54 Å². The van der Waals surface area contributed by atoms with E-state index in [4.69, 9.17) is 0 Å². The van der Waals surface area contributed by atoms with E-state index in [1.54, 1.807) is 6.92 Å². The van der Waals surface area contributed by atoms with E-state index >= 15 is 0 Å². The first-order valence-corrected chi connectivity index (χ1v) is 8.98. The Morgan fingerprint density at radius 3 is 2.35 bits per heavy atom. The molecule has 3 amide bonds. The van der Waals surface area contributed by atoms with Gasteiger partial charge in [0.15, 0.2) is 11.6 Å². The van der Waals surface area contributed by atoms with Crippen LogP contribution in [-0.2, 0) is 14.4 Å². The summed E-state index contributed by atoms with van der Waals surface area (Å²) in [7, 11) is 0. The Kier molecular flexibility index (Phi) is 5.34. The first kappa shape index (κ1) is 18.5.